The molecule has 5 rings (SSSR count). The third-order valence-electron chi connectivity index (χ3n) is 5.77. The van der Waals surface area contributed by atoms with Gasteiger partial charge >= 0.3 is 0 Å². The fraction of sp³-hybridized carbons (Fsp3) is 0.261. The Morgan fingerprint density at radius 2 is 1.85 bits per heavy atom. The minimum atomic E-state index is -0.291. The van der Waals surface area contributed by atoms with E-state index in [0.717, 1.165) is 32.8 Å². The van der Waals surface area contributed by atoms with Crippen molar-refractivity contribution in [2.24, 2.45) is 0 Å². The lowest BCUT2D eigenvalue weighted by molar-refractivity contribution is -0.116. The molecule has 1 amide bonds. The van der Waals surface area contributed by atoms with Gasteiger partial charge in [0.2, 0.25) is 16.8 Å². The van der Waals surface area contributed by atoms with Crippen molar-refractivity contribution in [1.82, 2.24) is 14.8 Å². The lowest BCUT2D eigenvalue weighted by atomic mass is 9.85. The highest BCUT2D eigenvalue weighted by molar-refractivity contribution is 7.20. The van der Waals surface area contributed by atoms with Crippen LogP contribution in [0, 0.1) is 6.92 Å². The summed E-state index contributed by atoms with van der Waals surface area (Å²) in [5, 5.41) is 18.6. The van der Waals surface area contributed by atoms with E-state index in [4.69, 9.17) is 24.3 Å². The summed E-state index contributed by atoms with van der Waals surface area (Å²) in [6.07, 6.45) is 0.230. The molecule has 1 aliphatic rings. The number of rotatable bonds is 5. The Kier molecular flexibility index (Phi) is 5.09. The molecule has 33 heavy (non-hydrogen) atoms. The number of hydrogen-bond donors (Lipinski definition) is 2. The van der Waals surface area contributed by atoms with Crippen molar-refractivity contribution in [3.8, 4) is 28.1 Å². The second kappa shape index (κ2) is 7.96. The Bertz CT molecular complexity index is 1370. The summed E-state index contributed by atoms with van der Waals surface area (Å²) in [4.78, 5) is 17.4. The Morgan fingerprint density at radius 1 is 1.12 bits per heavy atom. The third-order valence-corrected chi connectivity index (χ3v) is 6.77. The SMILES string of the molecule is COc1ccc2nc(-n3nc(C)c4c3NC(=O)CC4c3cc(OC)c(O)c(OC)c3)sc2c1. The van der Waals surface area contributed by atoms with Crippen molar-refractivity contribution >= 4 is 33.3 Å². The van der Waals surface area contributed by atoms with Gasteiger partial charge in [0.1, 0.15) is 11.6 Å². The molecular formula is C23H22N4O5S. The third kappa shape index (κ3) is 3.43. The van der Waals surface area contributed by atoms with Crippen molar-refractivity contribution in [2.75, 3.05) is 26.6 Å². The predicted octanol–water partition coefficient (Wildman–Crippen LogP) is 4.00. The van der Waals surface area contributed by atoms with Gasteiger partial charge in [0, 0.05) is 17.9 Å². The van der Waals surface area contributed by atoms with Crippen LogP contribution in [-0.2, 0) is 4.79 Å². The first-order valence-corrected chi connectivity index (χ1v) is 11.0. The predicted molar refractivity (Wildman–Crippen MR) is 124 cm³/mol. The number of hydrogen-bond acceptors (Lipinski definition) is 8. The van der Waals surface area contributed by atoms with Crippen LogP contribution in [-0.4, -0.2) is 47.1 Å². The fourth-order valence-corrected chi connectivity index (χ4v) is 5.15. The molecule has 1 atom stereocenters. The fourth-order valence-electron chi connectivity index (χ4n) is 4.20. The highest BCUT2D eigenvalue weighted by atomic mass is 32.1. The first-order chi connectivity index (χ1) is 15.9. The molecule has 10 heteroatoms. The van der Waals surface area contributed by atoms with Crippen LogP contribution in [0.5, 0.6) is 23.0 Å². The summed E-state index contributed by atoms with van der Waals surface area (Å²) in [5.74, 6) is 1.39. The number of nitrogens with one attached hydrogen (secondary N) is 1. The van der Waals surface area contributed by atoms with E-state index in [1.54, 1.807) is 23.9 Å². The molecule has 2 aromatic carbocycles. The molecule has 0 bridgehead atoms. The van der Waals surface area contributed by atoms with Crippen molar-refractivity contribution in [1.29, 1.82) is 0 Å². The number of fused-ring (bicyclic) bond motifs is 2. The summed E-state index contributed by atoms with van der Waals surface area (Å²) < 4.78 is 18.6. The zero-order chi connectivity index (χ0) is 23.3. The number of aryl methyl sites for hydroxylation is 1. The Morgan fingerprint density at radius 3 is 2.52 bits per heavy atom. The number of nitrogens with zero attached hydrogens (tertiary/aromatic N) is 3. The minimum Gasteiger partial charge on any atom is -0.502 e. The van der Waals surface area contributed by atoms with Gasteiger partial charge in [0.05, 0.1) is 37.2 Å². The molecule has 0 radical (unpaired) electrons. The Balaban J connectivity index is 1.65. The van der Waals surface area contributed by atoms with E-state index in [1.165, 1.54) is 25.6 Å². The maximum Gasteiger partial charge on any atom is 0.226 e. The summed E-state index contributed by atoms with van der Waals surface area (Å²) in [7, 11) is 4.57. The lowest BCUT2D eigenvalue weighted by Crippen LogP contribution is -2.25. The molecule has 2 aromatic heterocycles. The molecule has 0 saturated carbocycles. The number of aromatic nitrogens is 3. The standard InChI is InChI=1S/C23H22N4O5S/c1-11-20-14(12-7-16(31-3)21(29)17(8-12)32-4)10-19(28)25-22(20)27(26-11)23-24-15-6-5-13(30-2)9-18(15)33-23/h5-9,14,29H,10H2,1-4H3,(H,25,28). The number of thiazole rings is 1. The molecule has 1 aliphatic heterocycles. The molecule has 170 valence electrons. The number of phenols is 1. The number of anilines is 1. The number of carbonyl (C=O) groups is 1. The number of carbonyl (C=O) groups excluding carboxylic acids is 1. The van der Waals surface area contributed by atoms with Gasteiger partial charge in [0.25, 0.3) is 0 Å². The maximum atomic E-state index is 12.7. The number of benzene rings is 2. The van der Waals surface area contributed by atoms with Crippen LogP contribution in [0.15, 0.2) is 30.3 Å². The quantitative estimate of drug-likeness (QED) is 0.458. The number of phenolic OH excluding ortho intramolecular Hbond substituents is 1. The summed E-state index contributed by atoms with van der Waals surface area (Å²) >= 11 is 1.46. The van der Waals surface area contributed by atoms with E-state index in [-0.39, 0.29) is 35.5 Å². The van der Waals surface area contributed by atoms with Crippen molar-refractivity contribution in [3.05, 3.63) is 47.2 Å². The van der Waals surface area contributed by atoms with Crippen molar-refractivity contribution in [2.45, 2.75) is 19.3 Å². The number of ether oxygens (including phenoxy) is 3. The molecular weight excluding hydrogens is 444 g/mol. The van der Waals surface area contributed by atoms with Crippen LogP contribution in [0.4, 0.5) is 5.82 Å². The van der Waals surface area contributed by atoms with E-state index in [0.29, 0.717) is 10.9 Å². The molecule has 3 heterocycles. The second-order valence-corrected chi connectivity index (χ2v) is 8.68. The van der Waals surface area contributed by atoms with Gasteiger partial charge < -0.3 is 24.6 Å². The van der Waals surface area contributed by atoms with Gasteiger partial charge in [-0.1, -0.05) is 11.3 Å². The van der Waals surface area contributed by atoms with Gasteiger partial charge in [-0.2, -0.15) is 9.78 Å². The zero-order valence-corrected chi connectivity index (χ0v) is 19.3. The molecule has 2 N–H and O–H groups in total. The van der Waals surface area contributed by atoms with Gasteiger partial charge in [-0.15, -0.1) is 0 Å². The van der Waals surface area contributed by atoms with Crippen LogP contribution in [0.3, 0.4) is 0 Å². The van der Waals surface area contributed by atoms with Crippen molar-refractivity contribution in [3.63, 3.8) is 0 Å². The van der Waals surface area contributed by atoms with E-state index in [1.807, 2.05) is 25.1 Å². The molecule has 0 saturated heterocycles. The molecule has 0 fully saturated rings. The molecule has 9 nitrogen and oxygen atoms in total. The second-order valence-electron chi connectivity index (χ2n) is 7.67. The minimum absolute atomic E-state index is 0.0819. The van der Waals surface area contributed by atoms with E-state index < -0.39 is 0 Å². The van der Waals surface area contributed by atoms with Gasteiger partial charge in [-0.25, -0.2) is 4.98 Å². The summed E-state index contributed by atoms with van der Waals surface area (Å²) in [6.45, 7) is 1.91. The van der Waals surface area contributed by atoms with Crippen LogP contribution in [0.2, 0.25) is 0 Å². The average molecular weight is 467 g/mol. The summed E-state index contributed by atoms with van der Waals surface area (Å²) in [5.41, 5.74) is 3.28. The maximum absolute atomic E-state index is 12.7. The van der Waals surface area contributed by atoms with Gasteiger partial charge in [-0.05, 0) is 42.8 Å². The van der Waals surface area contributed by atoms with Crippen LogP contribution >= 0.6 is 11.3 Å². The van der Waals surface area contributed by atoms with Crippen LogP contribution in [0.25, 0.3) is 15.3 Å². The molecule has 1 unspecified atom stereocenters. The van der Waals surface area contributed by atoms with Gasteiger partial charge in [0.15, 0.2) is 11.5 Å². The van der Waals surface area contributed by atoms with Gasteiger partial charge in [-0.3, -0.25) is 4.79 Å². The number of methoxy groups -OCH3 is 3. The first-order valence-electron chi connectivity index (χ1n) is 10.2. The number of aromatic hydroxyl groups is 1. The lowest BCUT2D eigenvalue weighted by Gasteiger charge is -2.25. The molecule has 0 aliphatic carbocycles. The van der Waals surface area contributed by atoms with Crippen LogP contribution < -0.4 is 19.5 Å². The van der Waals surface area contributed by atoms with E-state index in [9.17, 15) is 9.90 Å². The monoisotopic (exact) mass is 466 g/mol. The van der Waals surface area contributed by atoms with Crippen molar-refractivity contribution < 1.29 is 24.1 Å². The zero-order valence-electron chi connectivity index (χ0n) is 18.5. The van der Waals surface area contributed by atoms with E-state index >= 15 is 0 Å². The average Bonchev–Trinajstić information content (AvgIpc) is 3.38. The largest absolute Gasteiger partial charge is 0.502 e. The van der Waals surface area contributed by atoms with E-state index in [2.05, 4.69) is 5.32 Å². The summed E-state index contributed by atoms with van der Waals surface area (Å²) in [6, 6.07) is 9.14. The highest BCUT2D eigenvalue weighted by Crippen LogP contribution is 2.45. The Labute approximate surface area is 193 Å². The Hall–Kier alpha value is -3.79. The number of amides is 1. The molecule has 0 spiro atoms. The van der Waals surface area contributed by atoms with Crippen LogP contribution in [0.1, 0.15) is 29.2 Å². The normalized spacial score (nSPS) is 15.3. The smallest absolute Gasteiger partial charge is 0.226 e. The topological polar surface area (TPSA) is 108 Å². The highest BCUT2D eigenvalue weighted by Gasteiger charge is 2.34. The first kappa shape index (κ1) is 21.1. The molecule has 4 aromatic rings.